The van der Waals surface area contributed by atoms with Crippen LogP contribution < -0.4 is 0 Å². The molecule has 2 rings (SSSR count). The van der Waals surface area contributed by atoms with Gasteiger partial charge in [0.1, 0.15) is 0 Å². The third-order valence-corrected chi connectivity index (χ3v) is 1.82. The molecule has 0 aliphatic heterocycles. The molecule has 3 nitrogen and oxygen atoms in total. The molecule has 108 valence electrons. The number of nitrogens with zero attached hydrogens (tertiary/aromatic N) is 2. The van der Waals surface area contributed by atoms with Crippen LogP contribution in [-0.2, 0) is 0 Å². The molecule has 0 unspecified atom stereocenters. The highest BCUT2D eigenvalue weighted by Crippen LogP contribution is 2.17. The van der Waals surface area contributed by atoms with Crippen LogP contribution in [0.1, 0.15) is 53.0 Å². The summed E-state index contributed by atoms with van der Waals surface area (Å²) in [5.41, 5.74) is 2.19. The van der Waals surface area contributed by atoms with Crippen LogP contribution in [-0.4, -0.2) is 10.2 Å². The maximum Gasteiger partial charge on any atom is 0.247 e. The van der Waals surface area contributed by atoms with Crippen LogP contribution in [0.2, 0.25) is 0 Å². The Bertz CT molecular complexity index is 405. The van der Waals surface area contributed by atoms with Crippen molar-refractivity contribution in [2.75, 3.05) is 0 Å². The Kier molecular flexibility index (Phi) is 13.3. The fourth-order valence-electron chi connectivity index (χ4n) is 1.11. The molecule has 0 aliphatic carbocycles. The topological polar surface area (TPSA) is 38.9 Å². The normalized spacial score (nSPS) is 8.00. The fraction of sp³-hybridized carbons (Fsp3) is 0.500. The molecule has 0 bridgehead atoms. The van der Waals surface area contributed by atoms with E-state index in [9.17, 15) is 0 Å². The second kappa shape index (κ2) is 12.8. The Labute approximate surface area is 118 Å². The van der Waals surface area contributed by atoms with E-state index in [2.05, 4.69) is 10.2 Å². The van der Waals surface area contributed by atoms with Crippen molar-refractivity contribution in [1.82, 2.24) is 10.2 Å². The standard InChI is InChI=1S/C10H10N2O.3C2H6/c1-7-3-5-9(6-4-7)10-12-11-8(2)13-10;3*1-2/h3-6H,1-2H3;3*1-2H3. The molecule has 0 saturated carbocycles. The smallest absolute Gasteiger partial charge is 0.247 e. The largest absolute Gasteiger partial charge is 0.421 e. The van der Waals surface area contributed by atoms with Crippen molar-refractivity contribution in [3.63, 3.8) is 0 Å². The van der Waals surface area contributed by atoms with Crippen LogP contribution in [0.3, 0.4) is 0 Å². The van der Waals surface area contributed by atoms with E-state index >= 15 is 0 Å². The van der Waals surface area contributed by atoms with E-state index < -0.39 is 0 Å². The molecule has 3 heteroatoms. The summed E-state index contributed by atoms with van der Waals surface area (Å²) in [5.74, 6) is 1.17. The molecule has 0 radical (unpaired) electrons. The van der Waals surface area contributed by atoms with Crippen LogP contribution >= 0.6 is 0 Å². The molecule has 1 heterocycles. The highest BCUT2D eigenvalue weighted by atomic mass is 16.4. The van der Waals surface area contributed by atoms with E-state index in [1.165, 1.54) is 5.56 Å². The van der Waals surface area contributed by atoms with Gasteiger partial charge < -0.3 is 4.42 Å². The molecule has 0 amide bonds. The summed E-state index contributed by atoms with van der Waals surface area (Å²) in [4.78, 5) is 0. The third kappa shape index (κ3) is 7.39. The van der Waals surface area contributed by atoms with Gasteiger partial charge in [0.05, 0.1) is 0 Å². The van der Waals surface area contributed by atoms with Crippen LogP contribution in [0.15, 0.2) is 28.7 Å². The van der Waals surface area contributed by atoms with Gasteiger partial charge in [-0.25, -0.2) is 0 Å². The molecule has 2 aromatic rings. The lowest BCUT2D eigenvalue weighted by Crippen LogP contribution is -1.77. The zero-order chi connectivity index (χ0) is 15.3. The quantitative estimate of drug-likeness (QED) is 0.689. The van der Waals surface area contributed by atoms with E-state index in [0.717, 1.165) is 5.56 Å². The Balaban J connectivity index is 0. The molecule has 1 aromatic heterocycles. The van der Waals surface area contributed by atoms with Crippen molar-refractivity contribution in [2.24, 2.45) is 0 Å². The Morgan fingerprint density at radius 1 is 0.737 bits per heavy atom. The van der Waals surface area contributed by atoms with E-state index in [1.807, 2.05) is 72.7 Å². The second-order valence-corrected chi connectivity index (χ2v) is 2.99. The molecule has 19 heavy (non-hydrogen) atoms. The number of aryl methyl sites for hydroxylation is 2. The maximum absolute atomic E-state index is 5.29. The first-order valence-electron chi connectivity index (χ1n) is 7.13. The minimum Gasteiger partial charge on any atom is -0.421 e. The number of rotatable bonds is 1. The molecule has 0 N–H and O–H groups in total. The predicted molar refractivity (Wildman–Crippen MR) is 83.3 cm³/mol. The summed E-state index contributed by atoms with van der Waals surface area (Å²) < 4.78 is 5.29. The molecule has 0 spiro atoms. The highest BCUT2D eigenvalue weighted by Gasteiger charge is 2.03. The van der Waals surface area contributed by atoms with Crippen molar-refractivity contribution in [1.29, 1.82) is 0 Å². The molecule has 1 aromatic carbocycles. The number of hydrogen-bond donors (Lipinski definition) is 0. The minimum atomic E-state index is 0.581. The van der Waals surface area contributed by atoms with Crippen LogP contribution in [0, 0.1) is 13.8 Å². The SMILES string of the molecule is CC.CC.CC.Cc1ccc(-c2nnc(C)o2)cc1. The Morgan fingerprint density at radius 3 is 1.58 bits per heavy atom. The van der Waals surface area contributed by atoms with Gasteiger partial charge in [0, 0.05) is 12.5 Å². The maximum atomic E-state index is 5.29. The third-order valence-electron chi connectivity index (χ3n) is 1.82. The Hall–Kier alpha value is -1.64. The summed E-state index contributed by atoms with van der Waals surface area (Å²) in [6.45, 7) is 15.8. The monoisotopic (exact) mass is 264 g/mol. The Morgan fingerprint density at radius 2 is 1.21 bits per heavy atom. The molecule has 0 fully saturated rings. The van der Waals surface area contributed by atoms with Gasteiger partial charge in [-0.2, -0.15) is 0 Å². The average molecular weight is 264 g/mol. The minimum absolute atomic E-state index is 0.581. The van der Waals surface area contributed by atoms with Crippen LogP contribution in [0.25, 0.3) is 11.5 Å². The first kappa shape index (κ1) is 19.7. The van der Waals surface area contributed by atoms with Gasteiger partial charge in [0.25, 0.3) is 0 Å². The second-order valence-electron chi connectivity index (χ2n) is 2.99. The average Bonchev–Trinajstić information content (AvgIpc) is 2.93. The number of aromatic nitrogens is 2. The predicted octanol–water partition coefficient (Wildman–Crippen LogP) is 5.43. The molecular formula is C16H28N2O. The first-order valence-corrected chi connectivity index (χ1v) is 7.13. The molecule has 0 atom stereocenters. The van der Waals surface area contributed by atoms with Gasteiger partial charge in [-0.05, 0) is 19.1 Å². The van der Waals surface area contributed by atoms with E-state index in [1.54, 1.807) is 6.92 Å². The molecule has 0 aliphatic rings. The number of hydrogen-bond acceptors (Lipinski definition) is 3. The lowest BCUT2D eigenvalue weighted by atomic mass is 10.1. The van der Waals surface area contributed by atoms with Gasteiger partial charge in [0.2, 0.25) is 11.8 Å². The van der Waals surface area contributed by atoms with Crippen molar-refractivity contribution in [2.45, 2.75) is 55.4 Å². The first-order chi connectivity index (χ1) is 9.25. The zero-order valence-corrected chi connectivity index (χ0v) is 13.6. The van der Waals surface area contributed by atoms with E-state index in [-0.39, 0.29) is 0 Å². The van der Waals surface area contributed by atoms with Gasteiger partial charge in [-0.15, -0.1) is 10.2 Å². The summed E-state index contributed by atoms with van der Waals surface area (Å²) in [5, 5.41) is 7.70. The van der Waals surface area contributed by atoms with Gasteiger partial charge >= 0.3 is 0 Å². The lowest BCUT2D eigenvalue weighted by molar-refractivity contribution is 0.533. The van der Waals surface area contributed by atoms with Crippen molar-refractivity contribution in [3.8, 4) is 11.5 Å². The molecular weight excluding hydrogens is 236 g/mol. The lowest BCUT2D eigenvalue weighted by Gasteiger charge is -1.94. The highest BCUT2D eigenvalue weighted by molar-refractivity contribution is 5.52. The summed E-state index contributed by atoms with van der Waals surface area (Å²) in [6.07, 6.45) is 0. The van der Waals surface area contributed by atoms with Crippen molar-refractivity contribution < 1.29 is 4.42 Å². The number of benzene rings is 1. The van der Waals surface area contributed by atoms with Gasteiger partial charge in [0.15, 0.2) is 0 Å². The van der Waals surface area contributed by atoms with Crippen LogP contribution in [0.4, 0.5) is 0 Å². The summed E-state index contributed by atoms with van der Waals surface area (Å²) in [7, 11) is 0. The van der Waals surface area contributed by atoms with E-state index in [4.69, 9.17) is 4.42 Å². The van der Waals surface area contributed by atoms with Gasteiger partial charge in [-0.1, -0.05) is 59.2 Å². The zero-order valence-electron chi connectivity index (χ0n) is 13.6. The molecule has 0 saturated heterocycles. The van der Waals surface area contributed by atoms with Crippen molar-refractivity contribution in [3.05, 3.63) is 35.7 Å². The summed E-state index contributed by atoms with van der Waals surface area (Å²) in [6, 6.07) is 7.99. The summed E-state index contributed by atoms with van der Waals surface area (Å²) >= 11 is 0. The van der Waals surface area contributed by atoms with Gasteiger partial charge in [-0.3, -0.25) is 0 Å². The van der Waals surface area contributed by atoms with Crippen LogP contribution in [0.5, 0.6) is 0 Å². The van der Waals surface area contributed by atoms with E-state index in [0.29, 0.717) is 11.8 Å². The van der Waals surface area contributed by atoms with Crippen molar-refractivity contribution >= 4 is 0 Å². The fourth-order valence-corrected chi connectivity index (χ4v) is 1.11.